The predicted octanol–water partition coefficient (Wildman–Crippen LogP) is 3.40. The number of nitrogens with zero attached hydrogens (tertiary/aromatic N) is 2. The number of guanidine groups is 1. The number of hydrogen-bond donors (Lipinski definition) is 3. The molecule has 6 heteroatoms. The highest BCUT2D eigenvalue weighted by Crippen LogP contribution is 2.21. The van der Waals surface area contributed by atoms with Crippen molar-refractivity contribution in [1.82, 2.24) is 20.5 Å². The number of nitrogens with one attached hydrogen (secondary N) is 3. The molecular weight excluding hydrogens is 374 g/mol. The van der Waals surface area contributed by atoms with Crippen LogP contribution in [0, 0.1) is 6.92 Å². The van der Waals surface area contributed by atoms with E-state index < -0.39 is 0 Å². The van der Waals surface area contributed by atoms with Crippen molar-refractivity contribution in [1.29, 1.82) is 0 Å². The van der Waals surface area contributed by atoms with Gasteiger partial charge in [-0.05, 0) is 37.0 Å². The number of likely N-dealkylation sites (N-methyl/N-ethyl adjacent to an activating group) is 1. The van der Waals surface area contributed by atoms with Crippen LogP contribution in [-0.4, -0.2) is 48.9 Å². The summed E-state index contributed by atoms with van der Waals surface area (Å²) in [5, 5.41) is 8.05. The van der Waals surface area contributed by atoms with Gasteiger partial charge in [-0.2, -0.15) is 0 Å². The zero-order valence-corrected chi connectivity index (χ0v) is 18.2. The summed E-state index contributed by atoms with van der Waals surface area (Å²) < 4.78 is 0. The summed E-state index contributed by atoms with van der Waals surface area (Å²) in [5.41, 5.74) is 4.86. The Labute approximate surface area is 178 Å². The Kier molecular flexibility index (Phi) is 7.12. The van der Waals surface area contributed by atoms with Gasteiger partial charge in [0.05, 0.1) is 6.04 Å². The number of rotatable bonds is 7. The van der Waals surface area contributed by atoms with Gasteiger partial charge in [0.2, 0.25) is 5.91 Å². The monoisotopic (exact) mass is 405 g/mol. The van der Waals surface area contributed by atoms with Gasteiger partial charge >= 0.3 is 0 Å². The molecule has 0 saturated carbocycles. The van der Waals surface area contributed by atoms with Crippen molar-refractivity contribution in [2.75, 3.05) is 27.2 Å². The summed E-state index contributed by atoms with van der Waals surface area (Å²) in [6, 6.07) is 16.6. The van der Waals surface area contributed by atoms with E-state index in [9.17, 15) is 4.79 Å². The molecule has 0 fully saturated rings. The number of benzene rings is 2. The molecular formula is C24H31N5O. The number of aromatic nitrogens is 1. The van der Waals surface area contributed by atoms with Gasteiger partial charge in [0.25, 0.3) is 0 Å². The van der Waals surface area contributed by atoms with Gasteiger partial charge in [-0.25, -0.2) is 4.99 Å². The Bertz CT molecular complexity index is 1010. The van der Waals surface area contributed by atoms with E-state index in [2.05, 4.69) is 71.0 Å². The predicted molar refractivity (Wildman–Crippen MR) is 124 cm³/mol. The van der Waals surface area contributed by atoms with Gasteiger partial charge in [-0.1, -0.05) is 48.5 Å². The zero-order chi connectivity index (χ0) is 21.5. The largest absolute Gasteiger partial charge is 0.361 e. The lowest BCUT2D eigenvalue weighted by molar-refractivity contribution is -0.127. The fourth-order valence-electron chi connectivity index (χ4n) is 3.36. The first-order chi connectivity index (χ1) is 14.5. The highest BCUT2D eigenvalue weighted by molar-refractivity contribution is 5.86. The fourth-order valence-corrected chi connectivity index (χ4v) is 3.36. The molecule has 30 heavy (non-hydrogen) atoms. The second-order valence-electron chi connectivity index (χ2n) is 7.72. The number of aromatic amines is 1. The lowest BCUT2D eigenvalue weighted by atomic mass is 10.1. The number of carbonyl (C=O) groups excluding carboxylic acids is 1. The Morgan fingerprint density at radius 3 is 2.63 bits per heavy atom. The molecule has 1 aromatic heterocycles. The Morgan fingerprint density at radius 1 is 1.13 bits per heavy atom. The van der Waals surface area contributed by atoms with Crippen molar-refractivity contribution >= 4 is 22.8 Å². The molecule has 0 spiro atoms. The van der Waals surface area contributed by atoms with Crippen LogP contribution in [-0.2, 0) is 11.2 Å². The van der Waals surface area contributed by atoms with Crippen molar-refractivity contribution in [3.05, 3.63) is 71.4 Å². The average Bonchev–Trinajstić information content (AvgIpc) is 3.16. The van der Waals surface area contributed by atoms with E-state index in [4.69, 9.17) is 0 Å². The van der Waals surface area contributed by atoms with Crippen LogP contribution >= 0.6 is 0 Å². The molecule has 1 atom stereocenters. The third-order valence-corrected chi connectivity index (χ3v) is 5.22. The molecule has 0 saturated heterocycles. The third-order valence-electron chi connectivity index (χ3n) is 5.22. The van der Waals surface area contributed by atoms with Crippen LogP contribution in [0.5, 0.6) is 0 Å². The van der Waals surface area contributed by atoms with E-state index in [0.717, 1.165) is 12.0 Å². The molecule has 0 radical (unpaired) electrons. The summed E-state index contributed by atoms with van der Waals surface area (Å²) in [6.07, 6.45) is 2.93. The minimum atomic E-state index is -0.0319. The number of fused-ring (bicyclic) bond motifs is 1. The molecule has 1 amide bonds. The summed E-state index contributed by atoms with van der Waals surface area (Å²) in [7, 11) is 3.48. The lowest BCUT2D eigenvalue weighted by Gasteiger charge is -2.19. The van der Waals surface area contributed by atoms with Crippen LogP contribution in [0.15, 0.2) is 59.7 Å². The molecule has 1 heterocycles. The van der Waals surface area contributed by atoms with E-state index in [1.54, 1.807) is 19.0 Å². The number of H-pyrrole nitrogens is 1. The van der Waals surface area contributed by atoms with Crippen LogP contribution in [0.3, 0.4) is 0 Å². The Morgan fingerprint density at radius 2 is 1.90 bits per heavy atom. The van der Waals surface area contributed by atoms with Crippen LogP contribution in [0.2, 0.25) is 0 Å². The maximum Gasteiger partial charge on any atom is 0.243 e. The molecule has 0 aliphatic heterocycles. The van der Waals surface area contributed by atoms with E-state index >= 15 is 0 Å². The van der Waals surface area contributed by atoms with Gasteiger partial charge in [0.1, 0.15) is 6.54 Å². The topological polar surface area (TPSA) is 72.5 Å². The van der Waals surface area contributed by atoms with E-state index in [-0.39, 0.29) is 18.5 Å². The Hall–Kier alpha value is -3.28. The standard InChI is InChI=1S/C24H31N5O/c1-17-9-8-12-21-20(15-26-23(17)21)13-14-25-24(27-16-22(30)29(3)4)28-18(2)19-10-6-5-7-11-19/h5-12,15,18,26H,13-14,16H2,1-4H3,(H2,25,27,28). The first-order valence-electron chi connectivity index (χ1n) is 10.3. The SMILES string of the molecule is Cc1cccc2c(CCNC(=NCC(=O)N(C)C)NC(C)c3ccccc3)c[nH]c12. The minimum absolute atomic E-state index is 0.0319. The van der Waals surface area contributed by atoms with Crippen LogP contribution in [0.25, 0.3) is 10.9 Å². The van der Waals surface area contributed by atoms with E-state index in [1.807, 2.05) is 18.2 Å². The zero-order valence-electron chi connectivity index (χ0n) is 18.2. The molecule has 158 valence electrons. The normalized spacial score (nSPS) is 12.6. The highest BCUT2D eigenvalue weighted by Gasteiger charge is 2.10. The molecule has 0 bridgehead atoms. The average molecular weight is 406 g/mol. The van der Waals surface area contributed by atoms with Crippen LogP contribution in [0.1, 0.15) is 29.7 Å². The van der Waals surface area contributed by atoms with E-state index in [0.29, 0.717) is 12.5 Å². The smallest absolute Gasteiger partial charge is 0.243 e. The molecule has 0 aliphatic carbocycles. The number of carbonyl (C=O) groups is 1. The van der Waals surface area contributed by atoms with Crippen molar-refractivity contribution < 1.29 is 4.79 Å². The van der Waals surface area contributed by atoms with Gasteiger partial charge < -0.3 is 20.5 Å². The Balaban J connectivity index is 1.67. The second kappa shape index (κ2) is 9.96. The molecule has 0 aliphatic rings. The number of hydrogen-bond acceptors (Lipinski definition) is 2. The summed E-state index contributed by atoms with van der Waals surface area (Å²) in [4.78, 5) is 21.4. The first kappa shape index (κ1) is 21.4. The maximum absolute atomic E-state index is 12.0. The lowest BCUT2D eigenvalue weighted by Crippen LogP contribution is -2.40. The third kappa shape index (κ3) is 5.41. The maximum atomic E-state index is 12.0. The van der Waals surface area contributed by atoms with Gasteiger partial charge in [0.15, 0.2) is 5.96 Å². The van der Waals surface area contributed by atoms with Gasteiger partial charge in [-0.15, -0.1) is 0 Å². The van der Waals surface area contributed by atoms with Gasteiger partial charge in [0, 0.05) is 37.7 Å². The minimum Gasteiger partial charge on any atom is -0.361 e. The molecule has 3 aromatic rings. The van der Waals surface area contributed by atoms with Crippen LogP contribution in [0.4, 0.5) is 0 Å². The summed E-state index contributed by atoms with van der Waals surface area (Å²) in [5.74, 6) is 0.605. The summed E-state index contributed by atoms with van der Waals surface area (Å²) >= 11 is 0. The molecule has 6 nitrogen and oxygen atoms in total. The van der Waals surface area contributed by atoms with Crippen molar-refractivity contribution in [2.24, 2.45) is 4.99 Å². The van der Waals surface area contributed by atoms with Crippen molar-refractivity contribution in [2.45, 2.75) is 26.3 Å². The molecule has 2 aromatic carbocycles. The van der Waals surface area contributed by atoms with Crippen molar-refractivity contribution in [3.63, 3.8) is 0 Å². The second-order valence-corrected chi connectivity index (χ2v) is 7.72. The number of aliphatic imine (C=N–C) groups is 1. The van der Waals surface area contributed by atoms with Gasteiger partial charge in [-0.3, -0.25) is 4.79 Å². The molecule has 1 unspecified atom stereocenters. The van der Waals surface area contributed by atoms with E-state index in [1.165, 1.54) is 22.0 Å². The summed E-state index contributed by atoms with van der Waals surface area (Å²) in [6.45, 7) is 5.02. The fraction of sp³-hybridized carbons (Fsp3) is 0.333. The first-order valence-corrected chi connectivity index (χ1v) is 10.3. The molecule has 3 rings (SSSR count). The number of amides is 1. The number of para-hydroxylation sites is 1. The van der Waals surface area contributed by atoms with Crippen LogP contribution < -0.4 is 10.6 Å². The highest BCUT2D eigenvalue weighted by atomic mass is 16.2. The van der Waals surface area contributed by atoms with Crippen molar-refractivity contribution in [3.8, 4) is 0 Å². The quantitative estimate of drug-likeness (QED) is 0.417. The molecule has 3 N–H and O–H groups in total. The number of aryl methyl sites for hydroxylation is 1.